The fourth-order valence-corrected chi connectivity index (χ4v) is 1.82. The quantitative estimate of drug-likeness (QED) is 0.678. The van der Waals surface area contributed by atoms with E-state index in [0.717, 1.165) is 6.42 Å². The van der Waals surface area contributed by atoms with Crippen molar-refractivity contribution < 1.29 is 23.1 Å². The molecule has 0 saturated heterocycles. The van der Waals surface area contributed by atoms with E-state index in [2.05, 4.69) is 20.7 Å². The number of carbonyl (C=O) groups excluding carboxylic acids is 2. The van der Waals surface area contributed by atoms with Gasteiger partial charge in [0.05, 0.1) is 0 Å². The number of nitrogens with one attached hydrogen (secondary N) is 3. The Morgan fingerprint density at radius 3 is 2.46 bits per heavy atom. The molecule has 1 aromatic rings. The molecule has 0 aliphatic rings. The summed E-state index contributed by atoms with van der Waals surface area (Å²) in [5.41, 5.74) is 0.407. The SMILES string of the molecule is CCC(C)NC(=O)C(C)NC(=O)NCc1ccccc1OC(F)F. The summed E-state index contributed by atoms with van der Waals surface area (Å²) < 4.78 is 29.0. The number of alkyl halides is 2. The van der Waals surface area contributed by atoms with Crippen LogP contribution < -0.4 is 20.7 Å². The van der Waals surface area contributed by atoms with Gasteiger partial charge in [-0.05, 0) is 26.3 Å². The molecule has 2 atom stereocenters. The molecule has 3 N–H and O–H groups in total. The molecule has 0 spiro atoms. The summed E-state index contributed by atoms with van der Waals surface area (Å²) in [5.74, 6) is -0.295. The third-order valence-corrected chi connectivity index (χ3v) is 3.37. The van der Waals surface area contributed by atoms with Crippen molar-refractivity contribution in [1.29, 1.82) is 0 Å². The molecule has 1 aromatic carbocycles. The number of amides is 3. The van der Waals surface area contributed by atoms with Crippen molar-refractivity contribution >= 4 is 11.9 Å². The van der Waals surface area contributed by atoms with Gasteiger partial charge >= 0.3 is 12.6 Å². The van der Waals surface area contributed by atoms with Gasteiger partial charge in [-0.3, -0.25) is 4.79 Å². The summed E-state index contributed by atoms with van der Waals surface area (Å²) in [6.07, 6.45) is 0.783. The van der Waals surface area contributed by atoms with Crippen LogP contribution in [0.3, 0.4) is 0 Å². The van der Waals surface area contributed by atoms with Crippen molar-refractivity contribution in [1.82, 2.24) is 16.0 Å². The van der Waals surface area contributed by atoms with E-state index >= 15 is 0 Å². The number of rotatable bonds is 8. The van der Waals surface area contributed by atoms with Crippen molar-refractivity contribution in [3.05, 3.63) is 29.8 Å². The number of halogens is 2. The molecule has 0 bridgehead atoms. The fourth-order valence-electron chi connectivity index (χ4n) is 1.82. The Hall–Kier alpha value is -2.38. The lowest BCUT2D eigenvalue weighted by Gasteiger charge is -2.18. The minimum Gasteiger partial charge on any atom is -0.434 e. The largest absolute Gasteiger partial charge is 0.434 e. The van der Waals surface area contributed by atoms with E-state index in [4.69, 9.17) is 0 Å². The molecule has 6 nitrogen and oxygen atoms in total. The average molecular weight is 343 g/mol. The van der Waals surface area contributed by atoms with Crippen LogP contribution in [0.25, 0.3) is 0 Å². The second-order valence-corrected chi connectivity index (χ2v) is 5.35. The molecule has 0 aromatic heterocycles. The Morgan fingerprint density at radius 1 is 1.17 bits per heavy atom. The molecular weight excluding hydrogens is 320 g/mol. The number of urea groups is 1. The third-order valence-electron chi connectivity index (χ3n) is 3.37. The zero-order valence-corrected chi connectivity index (χ0v) is 13.9. The monoisotopic (exact) mass is 343 g/mol. The molecule has 134 valence electrons. The van der Waals surface area contributed by atoms with E-state index in [1.807, 2.05) is 13.8 Å². The standard InChI is InChI=1S/C16H23F2N3O3/c1-4-10(2)20-14(22)11(3)21-16(23)19-9-12-7-5-6-8-13(12)24-15(17)18/h5-8,10-11,15H,4,9H2,1-3H3,(H,20,22)(H2,19,21,23). The van der Waals surface area contributed by atoms with Crippen LogP contribution in [-0.4, -0.2) is 30.6 Å². The van der Waals surface area contributed by atoms with Gasteiger partial charge in [-0.2, -0.15) is 8.78 Å². The molecule has 2 unspecified atom stereocenters. The first kappa shape index (κ1) is 19.7. The highest BCUT2D eigenvalue weighted by molar-refractivity contribution is 5.86. The maximum absolute atomic E-state index is 12.3. The van der Waals surface area contributed by atoms with Gasteiger partial charge in [-0.1, -0.05) is 25.1 Å². The summed E-state index contributed by atoms with van der Waals surface area (Å²) >= 11 is 0. The van der Waals surface area contributed by atoms with Crippen molar-refractivity contribution in [2.45, 2.75) is 52.4 Å². The fraction of sp³-hybridized carbons (Fsp3) is 0.500. The number of hydrogen-bond donors (Lipinski definition) is 3. The smallest absolute Gasteiger partial charge is 0.387 e. The van der Waals surface area contributed by atoms with Gasteiger partial charge in [-0.15, -0.1) is 0 Å². The Morgan fingerprint density at radius 2 is 1.83 bits per heavy atom. The summed E-state index contributed by atoms with van der Waals surface area (Å²) in [6, 6.07) is 4.89. The first-order valence-electron chi connectivity index (χ1n) is 7.71. The first-order chi connectivity index (χ1) is 11.3. The molecule has 0 heterocycles. The van der Waals surface area contributed by atoms with Crippen molar-refractivity contribution in [3.8, 4) is 5.75 Å². The van der Waals surface area contributed by atoms with Gasteiger partial charge in [0.1, 0.15) is 11.8 Å². The predicted octanol–water partition coefficient (Wildman–Crippen LogP) is 2.39. The van der Waals surface area contributed by atoms with Gasteiger partial charge in [0.25, 0.3) is 0 Å². The van der Waals surface area contributed by atoms with E-state index in [-0.39, 0.29) is 24.2 Å². The zero-order chi connectivity index (χ0) is 18.1. The highest BCUT2D eigenvalue weighted by Gasteiger charge is 2.17. The Kier molecular flexibility index (Phi) is 7.94. The van der Waals surface area contributed by atoms with Gasteiger partial charge in [0.15, 0.2) is 0 Å². The van der Waals surface area contributed by atoms with Gasteiger partial charge < -0.3 is 20.7 Å². The number of benzene rings is 1. The van der Waals surface area contributed by atoms with Gasteiger partial charge in [-0.25, -0.2) is 4.79 Å². The van der Waals surface area contributed by atoms with Crippen LogP contribution in [0.2, 0.25) is 0 Å². The average Bonchev–Trinajstić information content (AvgIpc) is 2.53. The van der Waals surface area contributed by atoms with Crippen LogP contribution >= 0.6 is 0 Å². The number of ether oxygens (including phenoxy) is 1. The summed E-state index contributed by atoms with van der Waals surface area (Å²) in [6.45, 7) is 2.42. The normalized spacial score (nSPS) is 13.1. The van der Waals surface area contributed by atoms with Crippen molar-refractivity contribution in [2.24, 2.45) is 0 Å². The van der Waals surface area contributed by atoms with E-state index in [1.54, 1.807) is 25.1 Å². The van der Waals surface area contributed by atoms with E-state index < -0.39 is 18.7 Å². The highest BCUT2D eigenvalue weighted by atomic mass is 19.3. The maximum Gasteiger partial charge on any atom is 0.387 e. The maximum atomic E-state index is 12.3. The molecule has 0 aliphatic carbocycles. The molecule has 24 heavy (non-hydrogen) atoms. The number of carbonyl (C=O) groups is 2. The third kappa shape index (κ3) is 6.80. The number of hydrogen-bond acceptors (Lipinski definition) is 3. The lowest BCUT2D eigenvalue weighted by molar-refractivity contribution is -0.123. The minimum absolute atomic E-state index is 0.00429. The highest BCUT2D eigenvalue weighted by Crippen LogP contribution is 2.19. The molecule has 8 heteroatoms. The predicted molar refractivity (Wildman–Crippen MR) is 85.8 cm³/mol. The second kappa shape index (κ2) is 9.69. The lowest BCUT2D eigenvalue weighted by Crippen LogP contribution is -2.50. The molecular formula is C16H23F2N3O3. The topological polar surface area (TPSA) is 79.5 Å². The molecule has 0 saturated carbocycles. The molecule has 0 aliphatic heterocycles. The van der Waals surface area contributed by atoms with E-state index in [0.29, 0.717) is 5.56 Å². The first-order valence-corrected chi connectivity index (χ1v) is 7.71. The summed E-state index contributed by atoms with van der Waals surface area (Å²) in [7, 11) is 0. The minimum atomic E-state index is -2.94. The molecule has 0 radical (unpaired) electrons. The molecule has 1 rings (SSSR count). The van der Waals surface area contributed by atoms with Crippen molar-refractivity contribution in [2.75, 3.05) is 0 Å². The van der Waals surface area contributed by atoms with Crippen LogP contribution in [-0.2, 0) is 11.3 Å². The molecule has 0 fully saturated rings. The zero-order valence-electron chi connectivity index (χ0n) is 13.9. The van der Waals surface area contributed by atoms with Gasteiger partial charge in [0.2, 0.25) is 5.91 Å². The summed E-state index contributed by atoms with van der Waals surface area (Å²) in [5, 5.41) is 7.75. The Labute approximate surface area is 139 Å². The lowest BCUT2D eigenvalue weighted by atomic mass is 10.2. The van der Waals surface area contributed by atoms with E-state index in [1.165, 1.54) is 6.07 Å². The van der Waals surface area contributed by atoms with Crippen LogP contribution in [0, 0.1) is 0 Å². The van der Waals surface area contributed by atoms with Crippen LogP contribution in [0.15, 0.2) is 24.3 Å². The van der Waals surface area contributed by atoms with Crippen LogP contribution in [0.1, 0.15) is 32.8 Å². The van der Waals surface area contributed by atoms with Crippen molar-refractivity contribution in [3.63, 3.8) is 0 Å². The second-order valence-electron chi connectivity index (χ2n) is 5.35. The van der Waals surface area contributed by atoms with E-state index in [9.17, 15) is 18.4 Å². The number of para-hydroxylation sites is 1. The molecule has 3 amide bonds. The Bertz CT molecular complexity index is 555. The van der Waals surface area contributed by atoms with Crippen LogP contribution in [0.4, 0.5) is 13.6 Å². The Balaban J connectivity index is 2.50. The summed E-state index contributed by atoms with van der Waals surface area (Å²) in [4.78, 5) is 23.7. The van der Waals surface area contributed by atoms with Crippen LogP contribution in [0.5, 0.6) is 5.75 Å². The van der Waals surface area contributed by atoms with Gasteiger partial charge in [0, 0.05) is 18.2 Å².